The molecule has 0 aliphatic heterocycles. The van der Waals surface area contributed by atoms with Gasteiger partial charge in [-0.05, 0) is 57.2 Å². The van der Waals surface area contributed by atoms with Crippen LogP contribution in [-0.2, 0) is 5.60 Å². The van der Waals surface area contributed by atoms with Crippen molar-refractivity contribution in [3.05, 3.63) is 35.6 Å². The van der Waals surface area contributed by atoms with Crippen LogP contribution < -0.4 is 5.32 Å². The number of hydrogen-bond acceptors (Lipinski definition) is 3. The smallest absolute Gasteiger partial charge is 0.137 e. The number of fused-ring (bicyclic) bond motifs is 1. The molecule has 0 saturated heterocycles. The topological polar surface area (TPSA) is 45.4 Å². The van der Waals surface area contributed by atoms with E-state index in [9.17, 15) is 5.11 Å². The molecule has 0 unspecified atom stereocenters. The Hall–Kier alpha value is -1.32. The molecule has 21 heavy (non-hydrogen) atoms. The summed E-state index contributed by atoms with van der Waals surface area (Å²) in [6.07, 6.45) is 4.71. The maximum atomic E-state index is 11.0. The molecule has 0 atom stereocenters. The van der Waals surface area contributed by atoms with Crippen LogP contribution in [0.5, 0.6) is 0 Å². The molecule has 1 saturated carbocycles. The fraction of sp³-hybridized carbons (Fsp3) is 0.556. The SMILES string of the molecule is CCCNC1CCC(O)(c2cc3cccc(C)c3o2)CC1. The maximum absolute atomic E-state index is 11.0. The molecule has 0 bridgehead atoms. The van der Waals surface area contributed by atoms with Gasteiger partial charge in [-0.25, -0.2) is 0 Å². The number of rotatable bonds is 4. The van der Waals surface area contributed by atoms with E-state index in [0.717, 1.165) is 60.9 Å². The Balaban J connectivity index is 1.77. The molecule has 1 heterocycles. The predicted molar refractivity (Wildman–Crippen MR) is 85.4 cm³/mol. The van der Waals surface area contributed by atoms with Crippen LogP contribution in [0.4, 0.5) is 0 Å². The van der Waals surface area contributed by atoms with Crippen LogP contribution in [0.3, 0.4) is 0 Å². The Morgan fingerprint density at radius 2 is 2.10 bits per heavy atom. The average molecular weight is 287 g/mol. The number of nitrogens with one attached hydrogen (secondary N) is 1. The van der Waals surface area contributed by atoms with Crippen LogP contribution in [0, 0.1) is 6.92 Å². The van der Waals surface area contributed by atoms with E-state index in [1.54, 1.807) is 0 Å². The third-order valence-electron chi connectivity index (χ3n) is 4.70. The summed E-state index contributed by atoms with van der Waals surface area (Å²) < 4.78 is 5.99. The van der Waals surface area contributed by atoms with Gasteiger partial charge in [-0.1, -0.05) is 25.1 Å². The highest BCUT2D eigenvalue weighted by atomic mass is 16.4. The number of para-hydroxylation sites is 1. The minimum atomic E-state index is -0.796. The molecule has 114 valence electrons. The van der Waals surface area contributed by atoms with Crippen molar-refractivity contribution in [2.45, 2.75) is 57.6 Å². The van der Waals surface area contributed by atoms with E-state index in [2.05, 4.69) is 12.2 Å². The first-order chi connectivity index (χ1) is 10.1. The third-order valence-corrected chi connectivity index (χ3v) is 4.70. The monoisotopic (exact) mass is 287 g/mol. The summed E-state index contributed by atoms with van der Waals surface area (Å²) in [5.74, 6) is 0.737. The first-order valence-electron chi connectivity index (χ1n) is 8.08. The first kappa shape index (κ1) is 14.6. The molecular weight excluding hydrogens is 262 g/mol. The van der Waals surface area contributed by atoms with Crippen molar-refractivity contribution in [1.82, 2.24) is 5.32 Å². The zero-order chi connectivity index (χ0) is 14.9. The maximum Gasteiger partial charge on any atom is 0.137 e. The lowest BCUT2D eigenvalue weighted by molar-refractivity contribution is -0.0254. The molecule has 1 fully saturated rings. The number of hydrogen-bond donors (Lipinski definition) is 2. The highest BCUT2D eigenvalue weighted by Gasteiger charge is 2.37. The minimum Gasteiger partial charge on any atom is -0.458 e. The summed E-state index contributed by atoms with van der Waals surface area (Å²) in [5.41, 5.74) is 1.24. The second-order valence-corrected chi connectivity index (χ2v) is 6.36. The van der Waals surface area contributed by atoms with E-state index < -0.39 is 5.60 Å². The van der Waals surface area contributed by atoms with Gasteiger partial charge in [0.05, 0.1) is 0 Å². The first-order valence-corrected chi connectivity index (χ1v) is 8.08. The summed E-state index contributed by atoms with van der Waals surface area (Å²) in [5, 5.41) is 15.6. The summed E-state index contributed by atoms with van der Waals surface area (Å²) in [6.45, 7) is 5.29. The third kappa shape index (κ3) is 2.85. The van der Waals surface area contributed by atoms with Crippen molar-refractivity contribution in [2.75, 3.05) is 6.54 Å². The van der Waals surface area contributed by atoms with E-state index in [0.29, 0.717) is 6.04 Å². The van der Waals surface area contributed by atoms with E-state index in [1.165, 1.54) is 0 Å². The Kier molecular flexibility index (Phi) is 4.05. The number of aryl methyl sites for hydroxylation is 1. The van der Waals surface area contributed by atoms with Gasteiger partial charge in [0.15, 0.2) is 0 Å². The van der Waals surface area contributed by atoms with Crippen LogP contribution in [-0.4, -0.2) is 17.7 Å². The minimum absolute atomic E-state index is 0.538. The quantitative estimate of drug-likeness (QED) is 0.897. The largest absolute Gasteiger partial charge is 0.458 e. The van der Waals surface area contributed by atoms with Crippen LogP contribution in [0.1, 0.15) is 50.4 Å². The summed E-state index contributed by atoms with van der Waals surface area (Å²) >= 11 is 0. The van der Waals surface area contributed by atoms with Gasteiger partial charge in [0, 0.05) is 11.4 Å². The van der Waals surface area contributed by atoms with Gasteiger partial charge in [-0.15, -0.1) is 0 Å². The van der Waals surface area contributed by atoms with E-state index in [-0.39, 0.29) is 0 Å². The van der Waals surface area contributed by atoms with E-state index in [4.69, 9.17) is 4.42 Å². The standard InChI is InChI=1S/C18H25NO2/c1-3-11-19-15-7-9-18(20,10-8-15)16-12-14-6-4-5-13(2)17(14)21-16/h4-6,12,15,19-20H,3,7-11H2,1-2H3. The van der Waals surface area contributed by atoms with Crippen LogP contribution >= 0.6 is 0 Å². The number of aliphatic hydroxyl groups is 1. The molecule has 0 spiro atoms. The van der Waals surface area contributed by atoms with Gasteiger partial charge in [-0.2, -0.15) is 0 Å². The highest BCUT2D eigenvalue weighted by Crippen LogP contribution is 2.39. The van der Waals surface area contributed by atoms with Crippen LogP contribution in [0.2, 0.25) is 0 Å². The molecule has 1 aromatic carbocycles. The van der Waals surface area contributed by atoms with Gasteiger partial charge in [0.1, 0.15) is 16.9 Å². The van der Waals surface area contributed by atoms with Gasteiger partial charge in [0.2, 0.25) is 0 Å². The molecule has 2 N–H and O–H groups in total. The Bertz CT molecular complexity index is 609. The summed E-state index contributed by atoms with van der Waals surface area (Å²) in [7, 11) is 0. The fourth-order valence-electron chi connectivity index (χ4n) is 3.33. The molecular formula is C18H25NO2. The second-order valence-electron chi connectivity index (χ2n) is 6.36. The van der Waals surface area contributed by atoms with Crippen molar-refractivity contribution in [2.24, 2.45) is 0 Å². The molecule has 1 aromatic heterocycles. The normalized spacial score (nSPS) is 26.3. The Morgan fingerprint density at radius 3 is 2.76 bits per heavy atom. The zero-order valence-corrected chi connectivity index (χ0v) is 13.0. The number of benzene rings is 1. The molecule has 3 heteroatoms. The molecule has 0 amide bonds. The van der Waals surface area contributed by atoms with E-state index in [1.807, 2.05) is 31.2 Å². The van der Waals surface area contributed by atoms with Crippen molar-refractivity contribution in [1.29, 1.82) is 0 Å². The Morgan fingerprint density at radius 1 is 1.33 bits per heavy atom. The molecule has 2 aromatic rings. The lowest BCUT2D eigenvalue weighted by Gasteiger charge is -2.34. The zero-order valence-electron chi connectivity index (χ0n) is 13.0. The summed E-state index contributed by atoms with van der Waals surface area (Å²) in [6, 6.07) is 8.68. The van der Waals surface area contributed by atoms with Crippen molar-refractivity contribution in [3.63, 3.8) is 0 Å². The molecule has 0 radical (unpaired) electrons. The van der Waals surface area contributed by atoms with Crippen LogP contribution in [0.25, 0.3) is 11.0 Å². The lowest BCUT2D eigenvalue weighted by atomic mass is 9.80. The van der Waals surface area contributed by atoms with Gasteiger partial charge in [-0.3, -0.25) is 0 Å². The molecule has 3 rings (SSSR count). The molecule has 1 aliphatic rings. The van der Waals surface area contributed by atoms with Crippen molar-refractivity contribution in [3.8, 4) is 0 Å². The van der Waals surface area contributed by atoms with Crippen LogP contribution in [0.15, 0.2) is 28.7 Å². The average Bonchev–Trinajstić information content (AvgIpc) is 2.93. The van der Waals surface area contributed by atoms with Gasteiger partial charge in [0.25, 0.3) is 0 Å². The van der Waals surface area contributed by atoms with E-state index >= 15 is 0 Å². The lowest BCUT2D eigenvalue weighted by Crippen LogP contribution is -2.39. The van der Waals surface area contributed by atoms with Crippen molar-refractivity contribution < 1.29 is 9.52 Å². The fourth-order valence-corrected chi connectivity index (χ4v) is 3.33. The highest BCUT2D eigenvalue weighted by molar-refractivity contribution is 5.81. The summed E-state index contributed by atoms with van der Waals surface area (Å²) in [4.78, 5) is 0. The molecule has 3 nitrogen and oxygen atoms in total. The van der Waals surface area contributed by atoms with Gasteiger partial charge >= 0.3 is 0 Å². The number of furan rings is 1. The Labute approximate surface area is 126 Å². The van der Waals surface area contributed by atoms with Crippen molar-refractivity contribution >= 4 is 11.0 Å². The predicted octanol–water partition coefficient (Wildman–Crippen LogP) is 3.87. The second kappa shape index (κ2) is 5.82. The molecule has 1 aliphatic carbocycles. The van der Waals surface area contributed by atoms with Gasteiger partial charge < -0.3 is 14.8 Å².